The van der Waals surface area contributed by atoms with E-state index in [-0.39, 0.29) is 26.4 Å². The maximum Gasteiger partial charge on any atom is 0.326 e. The highest BCUT2D eigenvalue weighted by Crippen LogP contribution is 2.35. The van der Waals surface area contributed by atoms with Gasteiger partial charge < -0.3 is 10.2 Å². The van der Waals surface area contributed by atoms with Crippen molar-refractivity contribution in [2.45, 2.75) is 18.9 Å². The number of benzene rings is 1. The van der Waals surface area contributed by atoms with E-state index in [1.165, 1.54) is 36.4 Å². The Kier molecular flexibility index (Phi) is 7.48. The van der Waals surface area contributed by atoms with Gasteiger partial charge in [-0.2, -0.15) is 0 Å². The van der Waals surface area contributed by atoms with Crippen molar-refractivity contribution in [3.05, 3.63) is 56.0 Å². The molecule has 1 aliphatic heterocycles. The number of nitro groups is 1. The lowest BCUT2D eigenvalue weighted by atomic mass is 10.1. The zero-order chi connectivity index (χ0) is 21.7. The average molecular weight is 457 g/mol. The molecule has 1 heterocycles. The minimum Gasteiger partial charge on any atom is -0.481 e. The highest BCUT2D eigenvalue weighted by atomic mass is 35.5. The van der Waals surface area contributed by atoms with Gasteiger partial charge in [0.25, 0.3) is 11.6 Å². The Bertz CT molecular complexity index is 944. The molecule has 12 heteroatoms. The Labute approximate surface area is 178 Å². The predicted molar refractivity (Wildman–Crippen MR) is 110 cm³/mol. The summed E-state index contributed by atoms with van der Waals surface area (Å²) in [6.07, 6.45) is 2.04. The fraction of sp³-hybridized carbons (Fsp3) is 0.176. The molecule has 1 atom stereocenters. The summed E-state index contributed by atoms with van der Waals surface area (Å²) in [5, 5.41) is 28.9. The Balaban J connectivity index is 2.22. The molecule has 2 rings (SSSR count). The smallest absolute Gasteiger partial charge is 0.326 e. The number of nitro benzene ring substituents is 1. The molecule has 0 bridgehead atoms. The van der Waals surface area contributed by atoms with Gasteiger partial charge in [-0.25, -0.2) is 4.79 Å². The number of hydrogen-bond donors (Lipinski definition) is 2. The van der Waals surface area contributed by atoms with Crippen LogP contribution in [0.3, 0.4) is 0 Å². The van der Waals surface area contributed by atoms with Crippen LogP contribution < -0.4 is 0 Å². The summed E-state index contributed by atoms with van der Waals surface area (Å²) < 4.78 is -0.0150. The van der Waals surface area contributed by atoms with Crippen molar-refractivity contribution < 1.29 is 29.5 Å². The van der Waals surface area contributed by atoms with Crippen molar-refractivity contribution >= 4 is 69.5 Å². The van der Waals surface area contributed by atoms with Crippen LogP contribution in [0, 0.1) is 10.1 Å². The largest absolute Gasteiger partial charge is 0.481 e. The van der Waals surface area contributed by atoms with E-state index >= 15 is 0 Å². The number of carbonyl (C=O) groups excluding carboxylic acids is 1. The molecule has 1 aliphatic rings. The second kappa shape index (κ2) is 9.63. The lowest BCUT2D eigenvalue weighted by Gasteiger charge is -2.22. The molecule has 152 valence electrons. The summed E-state index contributed by atoms with van der Waals surface area (Å²) in [6.45, 7) is 0. The van der Waals surface area contributed by atoms with Crippen molar-refractivity contribution in [3.63, 3.8) is 0 Å². The molecule has 0 unspecified atom stereocenters. The van der Waals surface area contributed by atoms with Crippen LogP contribution in [0.15, 0.2) is 40.3 Å². The van der Waals surface area contributed by atoms with Crippen molar-refractivity contribution in [2.24, 2.45) is 0 Å². The molecular weight excluding hydrogens is 444 g/mol. The first kappa shape index (κ1) is 22.5. The molecule has 2 N–H and O–H groups in total. The second-order valence-corrected chi connectivity index (χ2v) is 7.83. The standard InChI is InChI=1S/C17H13ClN2O7S2/c18-10(7-9-1-3-11(4-2-9)20(26)27)8-13-15(23)19(17(28)29-13)12(16(24)25)5-6-14(21)22/h1-4,7-8,12H,5-6H2,(H,21,22)(H,24,25)/b10-7-,13-8-/t12-/m0/s1. The highest BCUT2D eigenvalue weighted by Gasteiger charge is 2.40. The summed E-state index contributed by atoms with van der Waals surface area (Å²) in [4.78, 5) is 45.9. The lowest BCUT2D eigenvalue weighted by Crippen LogP contribution is -2.44. The molecule has 9 nitrogen and oxygen atoms in total. The van der Waals surface area contributed by atoms with E-state index in [0.29, 0.717) is 5.56 Å². The normalized spacial score (nSPS) is 16.9. The molecular formula is C17H13ClN2O7S2. The number of thioether (sulfide) groups is 1. The summed E-state index contributed by atoms with van der Waals surface area (Å²) in [5.41, 5.74) is 0.470. The number of hydrogen-bond acceptors (Lipinski definition) is 7. The zero-order valence-electron chi connectivity index (χ0n) is 14.5. The molecule has 1 amide bonds. The highest BCUT2D eigenvalue weighted by molar-refractivity contribution is 8.26. The number of nitrogens with zero attached hydrogens (tertiary/aromatic N) is 2. The first-order valence-electron chi connectivity index (χ1n) is 7.93. The summed E-state index contributed by atoms with van der Waals surface area (Å²) in [6, 6.07) is 4.16. The third kappa shape index (κ3) is 5.86. The van der Waals surface area contributed by atoms with Gasteiger partial charge in [0, 0.05) is 23.6 Å². The Hall–Kier alpha value is -2.76. The van der Waals surface area contributed by atoms with Gasteiger partial charge >= 0.3 is 11.9 Å². The number of carboxylic acid groups (broad SMARTS) is 2. The number of carbonyl (C=O) groups is 3. The number of aliphatic carboxylic acids is 2. The van der Waals surface area contributed by atoms with Crippen LogP contribution in [0.25, 0.3) is 6.08 Å². The van der Waals surface area contributed by atoms with Crippen molar-refractivity contribution in [2.75, 3.05) is 0 Å². The fourth-order valence-corrected chi connectivity index (χ4v) is 4.04. The van der Waals surface area contributed by atoms with E-state index < -0.39 is 35.2 Å². The van der Waals surface area contributed by atoms with Gasteiger partial charge in [0.15, 0.2) is 0 Å². The number of non-ortho nitro benzene ring substituents is 1. The van der Waals surface area contributed by atoms with Crippen LogP contribution in [-0.4, -0.2) is 48.2 Å². The molecule has 0 radical (unpaired) electrons. The lowest BCUT2D eigenvalue weighted by molar-refractivity contribution is -0.384. The van der Waals surface area contributed by atoms with E-state index in [2.05, 4.69) is 0 Å². The summed E-state index contributed by atoms with van der Waals surface area (Å²) >= 11 is 12.1. The van der Waals surface area contributed by atoms with Gasteiger partial charge in [-0.05, 0) is 36.3 Å². The number of allylic oxidation sites excluding steroid dienone is 2. The first-order valence-corrected chi connectivity index (χ1v) is 9.53. The third-order valence-electron chi connectivity index (χ3n) is 3.73. The van der Waals surface area contributed by atoms with E-state index in [1.807, 2.05) is 0 Å². The van der Waals surface area contributed by atoms with Gasteiger partial charge in [0.2, 0.25) is 0 Å². The van der Waals surface area contributed by atoms with Crippen LogP contribution >= 0.6 is 35.6 Å². The van der Waals surface area contributed by atoms with E-state index in [4.69, 9.17) is 28.9 Å². The third-order valence-corrected chi connectivity index (χ3v) is 5.28. The molecule has 1 fully saturated rings. The molecule has 1 saturated heterocycles. The van der Waals surface area contributed by atoms with E-state index in [1.54, 1.807) is 0 Å². The zero-order valence-corrected chi connectivity index (χ0v) is 16.9. The number of halogens is 1. The molecule has 1 aromatic rings. The van der Waals surface area contributed by atoms with Gasteiger partial charge in [-0.3, -0.25) is 24.6 Å². The SMILES string of the molecule is O=C(O)CC[C@@H](C(=O)O)N1C(=O)/C(=C/C(Cl)=C/c2ccc([N+](=O)[O-])cc2)SC1=S. The van der Waals surface area contributed by atoms with Gasteiger partial charge in [-0.15, -0.1) is 0 Å². The predicted octanol–water partition coefficient (Wildman–Crippen LogP) is 3.24. The number of carboxylic acids is 2. The van der Waals surface area contributed by atoms with Crippen molar-refractivity contribution in [3.8, 4) is 0 Å². The molecule has 0 spiro atoms. The van der Waals surface area contributed by atoms with Gasteiger partial charge in [0.05, 0.1) is 9.83 Å². The van der Waals surface area contributed by atoms with Crippen molar-refractivity contribution in [1.82, 2.24) is 4.90 Å². The maximum absolute atomic E-state index is 12.6. The molecule has 0 saturated carbocycles. The second-order valence-electron chi connectivity index (χ2n) is 5.72. The van der Waals surface area contributed by atoms with Crippen LogP contribution in [0.5, 0.6) is 0 Å². The number of amides is 1. The Morgan fingerprint density at radius 1 is 1.31 bits per heavy atom. The Morgan fingerprint density at radius 3 is 2.45 bits per heavy atom. The Morgan fingerprint density at radius 2 is 1.93 bits per heavy atom. The quantitative estimate of drug-likeness (QED) is 0.261. The monoisotopic (exact) mass is 456 g/mol. The minimum atomic E-state index is -1.40. The maximum atomic E-state index is 12.6. The topological polar surface area (TPSA) is 138 Å². The molecule has 0 aromatic heterocycles. The molecule has 29 heavy (non-hydrogen) atoms. The number of thiocarbonyl (C=S) groups is 1. The van der Waals surface area contributed by atoms with Crippen LogP contribution in [0.4, 0.5) is 5.69 Å². The van der Waals surface area contributed by atoms with E-state index in [0.717, 1.165) is 16.7 Å². The van der Waals surface area contributed by atoms with Crippen LogP contribution in [-0.2, 0) is 14.4 Å². The molecule has 1 aromatic carbocycles. The number of rotatable bonds is 8. The van der Waals surface area contributed by atoms with Crippen molar-refractivity contribution in [1.29, 1.82) is 0 Å². The van der Waals surface area contributed by atoms with E-state index in [9.17, 15) is 29.6 Å². The van der Waals surface area contributed by atoms with Gasteiger partial charge in [-0.1, -0.05) is 35.6 Å². The average Bonchev–Trinajstić information content (AvgIpc) is 2.89. The van der Waals surface area contributed by atoms with Gasteiger partial charge in [0.1, 0.15) is 10.4 Å². The summed E-state index contributed by atoms with van der Waals surface area (Å²) in [7, 11) is 0. The van der Waals surface area contributed by atoms with Crippen LogP contribution in [0.2, 0.25) is 0 Å². The molecule has 0 aliphatic carbocycles. The van der Waals surface area contributed by atoms with Crippen LogP contribution in [0.1, 0.15) is 18.4 Å². The summed E-state index contributed by atoms with van der Waals surface area (Å²) in [5.74, 6) is -3.24. The fourth-order valence-electron chi connectivity index (χ4n) is 2.39. The first-order chi connectivity index (χ1) is 13.6. The minimum absolute atomic E-state index is 0.0150.